The van der Waals surface area contributed by atoms with Gasteiger partial charge in [0.2, 0.25) is 0 Å². The average molecular weight is 286 g/mol. The number of benzene rings is 1. The van der Waals surface area contributed by atoms with Crippen LogP contribution in [0.5, 0.6) is 0 Å². The molecule has 1 fully saturated rings. The first-order valence-electron chi connectivity index (χ1n) is 6.51. The fourth-order valence-corrected chi connectivity index (χ4v) is 2.45. The molecule has 1 heterocycles. The molecule has 0 spiro atoms. The molecule has 0 aliphatic carbocycles. The van der Waals surface area contributed by atoms with Gasteiger partial charge in [-0.05, 0) is 37.5 Å². The van der Waals surface area contributed by atoms with Crippen molar-refractivity contribution in [3.05, 3.63) is 29.3 Å². The standard InChI is InChI=1S/C14H17F3N2O/c1-9-2-3-11(18)8-12(9)13(20)19-6-4-10(5-7-19)14(15,16)17/h2-3,8,10H,4-7,18H2,1H3. The Morgan fingerprint density at radius 2 is 1.90 bits per heavy atom. The highest BCUT2D eigenvalue weighted by atomic mass is 19.4. The summed E-state index contributed by atoms with van der Waals surface area (Å²) in [6.07, 6.45) is -4.23. The molecule has 1 saturated heterocycles. The molecule has 0 bridgehead atoms. The molecule has 1 aliphatic rings. The maximum atomic E-state index is 12.6. The molecule has 1 aromatic rings. The topological polar surface area (TPSA) is 46.3 Å². The molecular formula is C14H17F3N2O. The lowest BCUT2D eigenvalue weighted by Crippen LogP contribution is -2.42. The molecule has 110 valence electrons. The van der Waals surface area contributed by atoms with Crippen LogP contribution >= 0.6 is 0 Å². The number of carbonyl (C=O) groups excluding carboxylic acids is 1. The van der Waals surface area contributed by atoms with Gasteiger partial charge in [0.05, 0.1) is 5.92 Å². The number of anilines is 1. The quantitative estimate of drug-likeness (QED) is 0.807. The van der Waals surface area contributed by atoms with E-state index in [-0.39, 0.29) is 31.8 Å². The number of rotatable bonds is 1. The summed E-state index contributed by atoms with van der Waals surface area (Å²) in [7, 11) is 0. The molecule has 2 N–H and O–H groups in total. The van der Waals surface area contributed by atoms with Gasteiger partial charge in [-0.15, -0.1) is 0 Å². The molecule has 0 saturated carbocycles. The Morgan fingerprint density at radius 1 is 1.30 bits per heavy atom. The van der Waals surface area contributed by atoms with E-state index in [9.17, 15) is 18.0 Å². The number of piperidine rings is 1. The lowest BCUT2D eigenvalue weighted by molar-refractivity contribution is -0.183. The Hall–Kier alpha value is -1.72. The summed E-state index contributed by atoms with van der Waals surface area (Å²) >= 11 is 0. The number of nitrogens with two attached hydrogens (primary N) is 1. The number of halogens is 3. The van der Waals surface area contributed by atoms with E-state index < -0.39 is 12.1 Å². The molecule has 3 nitrogen and oxygen atoms in total. The number of aryl methyl sites for hydroxylation is 1. The van der Waals surface area contributed by atoms with E-state index in [2.05, 4.69) is 0 Å². The summed E-state index contributed by atoms with van der Waals surface area (Å²) in [5.74, 6) is -1.54. The van der Waals surface area contributed by atoms with E-state index in [0.29, 0.717) is 11.3 Å². The minimum absolute atomic E-state index is 0.0311. The monoisotopic (exact) mass is 286 g/mol. The number of alkyl halides is 3. The van der Waals surface area contributed by atoms with Crippen LogP contribution in [0.4, 0.5) is 18.9 Å². The van der Waals surface area contributed by atoms with Gasteiger partial charge in [-0.3, -0.25) is 4.79 Å². The third-order valence-corrected chi connectivity index (χ3v) is 3.74. The molecule has 0 aromatic heterocycles. The second-order valence-corrected chi connectivity index (χ2v) is 5.18. The van der Waals surface area contributed by atoms with E-state index in [1.54, 1.807) is 25.1 Å². The van der Waals surface area contributed by atoms with Crippen molar-refractivity contribution in [1.29, 1.82) is 0 Å². The molecule has 0 atom stereocenters. The highest BCUT2D eigenvalue weighted by Gasteiger charge is 2.41. The first kappa shape index (κ1) is 14.7. The number of carbonyl (C=O) groups is 1. The lowest BCUT2D eigenvalue weighted by atomic mass is 9.95. The molecular weight excluding hydrogens is 269 g/mol. The van der Waals surface area contributed by atoms with Gasteiger partial charge in [0.25, 0.3) is 5.91 Å². The molecule has 20 heavy (non-hydrogen) atoms. The van der Waals surface area contributed by atoms with E-state index in [0.717, 1.165) is 5.56 Å². The SMILES string of the molecule is Cc1ccc(N)cc1C(=O)N1CCC(C(F)(F)F)CC1. The molecule has 6 heteroatoms. The zero-order valence-corrected chi connectivity index (χ0v) is 11.2. The summed E-state index contributed by atoms with van der Waals surface area (Å²) in [4.78, 5) is 13.8. The van der Waals surface area contributed by atoms with Gasteiger partial charge in [0.1, 0.15) is 0 Å². The molecule has 1 aliphatic heterocycles. The maximum Gasteiger partial charge on any atom is 0.391 e. The van der Waals surface area contributed by atoms with Gasteiger partial charge in [-0.2, -0.15) is 13.2 Å². The predicted octanol–water partition coefficient (Wildman–Crippen LogP) is 2.99. The summed E-state index contributed by atoms with van der Waals surface area (Å²) in [5.41, 5.74) is 7.38. The van der Waals surface area contributed by atoms with Crippen molar-refractivity contribution in [3.63, 3.8) is 0 Å². The summed E-state index contributed by atoms with van der Waals surface area (Å²) in [5, 5.41) is 0. The second-order valence-electron chi connectivity index (χ2n) is 5.18. The van der Waals surface area contributed by atoms with Crippen LogP contribution in [0.2, 0.25) is 0 Å². The smallest absolute Gasteiger partial charge is 0.391 e. The van der Waals surface area contributed by atoms with Gasteiger partial charge < -0.3 is 10.6 Å². The van der Waals surface area contributed by atoms with Crippen LogP contribution in [-0.4, -0.2) is 30.1 Å². The minimum atomic E-state index is -4.16. The van der Waals surface area contributed by atoms with Gasteiger partial charge in [-0.25, -0.2) is 0 Å². The fraction of sp³-hybridized carbons (Fsp3) is 0.500. The van der Waals surface area contributed by atoms with Crippen molar-refractivity contribution in [2.75, 3.05) is 18.8 Å². The number of amides is 1. The molecule has 2 rings (SSSR count). The molecule has 0 radical (unpaired) electrons. The molecule has 0 unspecified atom stereocenters. The van der Waals surface area contributed by atoms with Crippen molar-refractivity contribution in [3.8, 4) is 0 Å². The highest BCUT2D eigenvalue weighted by molar-refractivity contribution is 5.96. The number of nitrogen functional groups attached to an aromatic ring is 1. The fourth-order valence-electron chi connectivity index (χ4n) is 2.45. The third-order valence-electron chi connectivity index (χ3n) is 3.74. The van der Waals surface area contributed by atoms with Gasteiger partial charge in [0, 0.05) is 24.3 Å². The number of hydrogen-bond acceptors (Lipinski definition) is 2. The van der Waals surface area contributed by atoms with E-state index in [4.69, 9.17) is 5.73 Å². The maximum absolute atomic E-state index is 12.6. The second kappa shape index (κ2) is 5.34. The van der Waals surface area contributed by atoms with Crippen LogP contribution in [0.15, 0.2) is 18.2 Å². The zero-order chi connectivity index (χ0) is 14.9. The first-order valence-corrected chi connectivity index (χ1v) is 6.51. The largest absolute Gasteiger partial charge is 0.399 e. The Labute approximate surface area is 115 Å². The van der Waals surface area contributed by atoms with Crippen LogP contribution in [0.1, 0.15) is 28.8 Å². The number of hydrogen-bond donors (Lipinski definition) is 1. The normalized spacial score (nSPS) is 17.3. The average Bonchev–Trinajstić information content (AvgIpc) is 2.40. The Bertz CT molecular complexity index is 506. The van der Waals surface area contributed by atoms with Crippen molar-refractivity contribution in [1.82, 2.24) is 4.90 Å². The van der Waals surface area contributed by atoms with Crippen LogP contribution < -0.4 is 5.73 Å². The highest BCUT2D eigenvalue weighted by Crippen LogP contribution is 2.34. The summed E-state index contributed by atoms with van der Waals surface area (Å²) in [6, 6.07) is 5.01. The Kier molecular flexibility index (Phi) is 3.92. The van der Waals surface area contributed by atoms with Crippen molar-refractivity contribution in [2.24, 2.45) is 5.92 Å². The van der Waals surface area contributed by atoms with Gasteiger partial charge >= 0.3 is 6.18 Å². The van der Waals surface area contributed by atoms with Crippen molar-refractivity contribution in [2.45, 2.75) is 25.9 Å². The van der Waals surface area contributed by atoms with Gasteiger partial charge in [0.15, 0.2) is 0 Å². The first-order chi connectivity index (χ1) is 9.29. The lowest BCUT2D eigenvalue weighted by Gasteiger charge is -2.33. The summed E-state index contributed by atoms with van der Waals surface area (Å²) < 4.78 is 37.8. The van der Waals surface area contributed by atoms with Crippen LogP contribution in [-0.2, 0) is 0 Å². The minimum Gasteiger partial charge on any atom is -0.399 e. The molecule has 1 aromatic carbocycles. The number of nitrogens with zero attached hydrogens (tertiary/aromatic N) is 1. The van der Waals surface area contributed by atoms with Crippen LogP contribution in [0.3, 0.4) is 0 Å². The van der Waals surface area contributed by atoms with Crippen molar-refractivity contribution >= 4 is 11.6 Å². The third kappa shape index (κ3) is 3.05. The van der Waals surface area contributed by atoms with Gasteiger partial charge in [-0.1, -0.05) is 6.07 Å². The van der Waals surface area contributed by atoms with Crippen molar-refractivity contribution < 1.29 is 18.0 Å². The predicted molar refractivity (Wildman–Crippen MR) is 70.3 cm³/mol. The van der Waals surface area contributed by atoms with Crippen LogP contribution in [0, 0.1) is 12.8 Å². The number of likely N-dealkylation sites (tertiary alicyclic amines) is 1. The Balaban J connectivity index is 2.07. The van der Waals surface area contributed by atoms with E-state index in [1.165, 1.54) is 4.90 Å². The molecule has 1 amide bonds. The van der Waals surface area contributed by atoms with E-state index in [1.807, 2.05) is 0 Å². The van der Waals surface area contributed by atoms with E-state index >= 15 is 0 Å². The Morgan fingerprint density at radius 3 is 2.45 bits per heavy atom. The summed E-state index contributed by atoms with van der Waals surface area (Å²) in [6.45, 7) is 2.06. The van der Waals surface area contributed by atoms with Crippen LogP contribution in [0.25, 0.3) is 0 Å². The zero-order valence-electron chi connectivity index (χ0n) is 11.2.